The van der Waals surface area contributed by atoms with Gasteiger partial charge in [0.25, 0.3) is 0 Å². The number of benzene rings is 4. The minimum Gasteiger partial charge on any atom is -0.507 e. The molecule has 5 rings (SSSR count). The molecule has 10 heteroatoms. The zero-order valence-corrected chi connectivity index (χ0v) is 20.3. The van der Waals surface area contributed by atoms with Crippen LogP contribution in [0.3, 0.4) is 0 Å². The van der Waals surface area contributed by atoms with E-state index in [1.165, 1.54) is 17.9 Å². The molecule has 0 saturated carbocycles. The summed E-state index contributed by atoms with van der Waals surface area (Å²) in [5, 5.41) is 25.5. The third-order valence-electron chi connectivity index (χ3n) is 6.03. The summed E-state index contributed by atoms with van der Waals surface area (Å²) in [6.07, 6.45) is -4.66. The number of hydrogen-bond donors (Lipinski definition) is 2. The maximum absolute atomic E-state index is 13.5. The number of ketones is 1. The molecule has 1 aromatic heterocycles. The number of phenols is 2. The van der Waals surface area contributed by atoms with Gasteiger partial charge in [0.15, 0.2) is 17.4 Å². The summed E-state index contributed by atoms with van der Waals surface area (Å²) in [4.78, 5) is 18.0. The largest absolute Gasteiger partial charge is 0.507 e. The van der Waals surface area contributed by atoms with E-state index >= 15 is 0 Å². The van der Waals surface area contributed by atoms with Crippen molar-refractivity contribution in [3.8, 4) is 45.7 Å². The number of aromatic nitrogens is 3. The Bertz CT molecular complexity index is 1680. The Balaban J connectivity index is 1.76. The lowest BCUT2D eigenvalue weighted by Gasteiger charge is -2.13. The van der Waals surface area contributed by atoms with Crippen molar-refractivity contribution < 1.29 is 32.9 Å². The minimum absolute atomic E-state index is 0.0720. The number of halogens is 3. The van der Waals surface area contributed by atoms with Crippen LogP contribution in [0.25, 0.3) is 28.5 Å². The van der Waals surface area contributed by atoms with E-state index in [0.717, 1.165) is 12.1 Å². The third kappa shape index (κ3) is 4.91. The average Bonchev–Trinajstić information content (AvgIpc) is 3.37. The summed E-state index contributed by atoms with van der Waals surface area (Å²) in [7, 11) is 1.45. The molecule has 1 heterocycles. The van der Waals surface area contributed by atoms with Gasteiger partial charge in [-0.3, -0.25) is 4.79 Å². The van der Waals surface area contributed by atoms with Gasteiger partial charge in [0.2, 0.25) is 0 Å². The Morgan fingerprint density at radius 2 is 1.56 bits per heavy atom. The Morgan fingerprint density at radius 3 is 2.23 bits per heavy atom. The first-order valence-corrected chi connectivity index (χ1v) is 11.6. The van der Waals surface area contributed by atoms with Gasteiger partial charge in [-0.15, -0.1) is 5.10 Å². The van der Waals surface area contributed by atoms with Crippen molar-refractivity contribution in [1.29, 1.82) is 0 Å². The molecule has 5 aromatic rings. The van der Waals surface area contributed by atoms with E-state index in [9.17, 15) is 28.2 Å². The summed E-state index contributed by atoms with van der Waals surface area (Å²) >= 11 is 0. The van der Waals surface area contributed by atoms with Gasteiger partial charge < -0.3 is 14.9 Å². The first-order chi connectivity index (χ1) is 18.7. The maximum atomic E-state index is 13.5. The van der Waals surface area contributed by atoms with Crippen LogP contribution in [-0.2, 0) is 6.18 Å². The molecule has 0 bridgehead atoms. The number of carbonyl (C=O) groups excluding carboxylic acids is 1. The maximum Gasteiger partial charge on any atom is 0.416 e. The smallest absolute Gasteiger partial charge is 0.416 e. The van der Waals surface area contributed by atoms with Crippen molar-refractivity contribution in [2.45, 2.75) is 6.18 Å². The second kappa shape index (κ2) is 9.97. The zero-order valence-electron chi connectivity index (χ0n) is 20.3. The Labute approximate surface area is 220 Å². The summed E-state index contributed by atoms with van der Waals surface area (Å²) in [5.74, 6) is -0.804. The van der Waals surface area contributed by atoms with Crippen LogP contribution in [0.15, 0.2) is 91.0 Å². The summed E-state index contributed by atoms with van der Waals surface area (Å²) in [6, 6.07) is 22.0. The van der Waals surface area contributed by atoms with Gasteiger partial charge in [0.05, 0.1) is 29.5 Å². The standard InChI is InChI=1S/C29H20F3N3O4/c1-39-19-12-14-20(26(38)17-7-3-2-4-8-17)23(16-19)35-28(22-9-5-6-10-24(22)36)33-27(34-35)21-13-11-18(15-25(21)37)29(30,31)32/h2-16,36-37H,1H3. The fourth-order valence-electron chi connectivity index (χ4n) is 4.08. The van der Waals surface area contributed by atoms with Gasteiger partial charge in [0, 0.05) is 17.2 Å². The predicted molar refractivity (Wildman–Crippen MR) is 137 cm³/mol. The van der Waals surface area contributed by atoms with Gasteiger partial charge in [-0.25, -0.2) is 9.67 Å². The van der Waals surface area contributed by atoms with Crippen molar-refractivity contribution in [3.63, 3.8) is 0 Å². The highest BCUT2D eigenvalue weighted by atomic mass is 19.4. The number of methoxy groups -OCH3 is 1. The van der Waals surface area contributed by atoms with Crippen LogP contribution in [0, 0.1) is 0 Å². The highest BCUT2D eigenvalue weighted by Crippen LogP contribution is 2.38. The lowest BCUT2D eigenvalue weighted by Crippen LogP contribution is -2.10. The normalized spacial score (nSPS) is 11.4. The quantitative estimate of drug-likeness (QED) is 0.251. The molecule has 39 heavy (non-hydrogen) atoms. The number of alkyl halides is 3. The van der Waals surface area contributed by atoms with Crippen molar-refractivity contribution in [3.05, 3.63) is 108 Å². The molecule has 0 saturated heterocycles. The van der Waals surface area contributed by atoms with Crippen LogP contribution < -0.4 is 4.74 Å². The molecule has 0 unspecified atom stereocenters. The topological polar surface area (TPSA) is 97.5 Å². The molecular formula is C29H20F3N3O4. The van der Waals surface area contributed by atoms with E-state index in [0.29, 0.717) is 17.4 Å². The van der Waals surface area contributed by atoms with Gasteiger partial charge in [-0.2, -0.15) is 13.2 Å². The zero-order chi connectivity index (χ0) is 27.7. The lowest BCUT2D eigenvalue weighted by atomic mass is 10.0. The second-order valence-corrected chi connectivity index (χ2v) is 8.50. The van der Waals surface area contributed by atoms with Gasteiger partial charge in [-0.05, 0) is 42.5 Å². The SMILES string of the molecule is COc1ccc(C(=O)c2ccccc2)c(-n2nc(-c3ccc(C(F)(F)F)cc3O)nc2-c2ccccc2O)c1. The molecular weight excluding hydrogens is 511 g/mol. The van der Waals surface area contributed by atoms with E-state index in [2.05, 4.69) is 10.1 Å². The number of nitrogens with zero attached hydrogens (tertiary/aromatic N) is 3. The summed E-state index contributed by atoms with van der Waals surface area (Å²) < 4.78 is 46.2. The van der Waals surface area contributed by atoms with Crippen molar-refractivity contribution >= 4 is 5.78 Å². The van der Waals surface area contributed by atoms with E-state index in [1.807, 2.05) is 0 Å². The summed E-state index contributed by atoms with van der Waals surface area (Å²) in [6.45, 7) is 0. The fraction of sp³-hybridized carbons (Fsp3) is 0.0690. The molecule has 0 radical (unpaired) electrons. The van der Waals surface area contributed by atoms with Crippen molar-refractivity contribution in [2.24, 2.45) is 0 Å². The number of para-hydroxylation sites is 1. The molecule has 0 spiro atoms. The fourth-order valence-corrected chi connectivity index (χ4v) is 4.08. The lowest BCUT2D eigenvalue weighted by molar-refractivity contribution is -0.137. The minimum atomic E-state index is -4.66. The molecule has 4 aromatic carbocycles. The first kappa shape index (κ1) is 25.5. The van der Waals surface area contributed by atoms with Crippen LogP contribution in [0.5, 0.6) is 17.2 Å². The molecule has 0 aliphatic carbocycles. The number of carbonyl (C=O) groups is 1. The molecule has 0 amide bonds. The Kier molecular flexibility index (Phi) is 6.53. The predicted octanol–water partition coefficient (Wildman–Crippen LogP) is 6.27. The number of hydrogen-bond acceptors (Lipinski definition) is 6. The van der Waals surface area contributed by atoms with Crippen LogP contribution in [0.1, 0.15) is 21.5 Å². The van der Waals surface area contributed by atoms with Gasteiger partial charge >= 0.3 is 6.18 Å². The molecule has 2 N–H and O–H groups in total. The van der Waals surface area contributed by atoms with Gasteiger partial charge in [0.1, 0.15) is 17.2 Å². The second-order valence-electron chi connectivity index (χ2n) is 8.50. The number of phenolic OH excluding ortho intramolecular Hbond substituents is 2. The van der Waals surface area contributed by atoms with Crippen LogP contribution in [0.4, 0.5) is 13.2 Å². The van der Waals surface area contributed by atoms with Crippen molar-refractivity contribution in [1.82, 2.24) is 14.8 Å². The van der Waals surface area contributed by atoms with E-state index in [-0.39, 0.29) is 45.6 Å². The average molecular weight is 531 g/mol. The van der Waals surface area contributed by atoms with E-state index in [4.69, 9.17) is 4.74 Å². The number of ether oxygens (including phenoxy) is 1. The Morgan fingerprint density at radius 1 is 0.846 bits per heavy atom. The molecule has 196 valence electrons. The number of rotatable bonds is 6. The first-order valence-electron chi connectivity index (χ1n) is 11.6. The third-order valence-corrected chi connectivity index (χ3v) is 6.03. The highest BCUT2D eigenvalue weighted by molar-refractivity contribution is 6.11. The van der Waals surface area contributed by atoms with Crippen LogP contribution >= 0.6 is 0 Å². The molecule has 0 fully saturated rings. The molecule has 0 aliphatic heterocycles. The van der Waals surface area contributed by atoms with E-state index in [1.54, 1.807) is 66.7 Å². The van der Waals surface area contributed by atoms with Crippen molar-refractivity contribution in [2.75, 3.05) is 7.11 Å². The number of aromatic hydroxyl groups is 2. The van der Waals surface area contributed by atoms with Crippen LogP contribution in [0.2, 0.25) is 0 Å². The molecule has 7 nitrogen and oxygen atoms in total. The monoisotopic (exact) mass is 531 g/mol. The molecule has 0 atom stereocenters. The molecule has 0 aliphatic rings. The van der Waals surface area contributed by atoms with E-state index < -0.39 is 17.5 Å². The summed E-state index contributed by atoms with van der Waals surface area (Å²) in [5.41, 5.74) is 0.0144. The van der Waals surface area contributed by atoms with Gasteiger partial charge in [-0.1, -0.05) is 42.5 Å². The van der Waals surface area contributed by atoms with Crippen LogP contribution in [-0.4, -0.2) is 37.9 Å². The highest BCUT2D eigenvalue weighted by Gasteiger charge is 2.32. The Hall–Kier alpha value is -5.12.